The summed E-state index contributed by atoms with van der Waals surface area (Å²) in [4.78, 5) is 57.0. The van der Waals surface area contributed by atoms with Gasteiger partial charge in [0.05, 0.1) is 0 Å². The van der Waals surface area contributed by atoms with E-state index in [-0.39, 0.29) is 30.2 Å². The summed E-state index contributed by atoms with van der Waals surface area (Å²) in [6.45, 7) is 18.4. The lowest BCUT2D eigenvalue weighted by Crippen LogP contribution is -2.57. The van der Waals surface area contributed by atoms with Gasteiger partial charge in [0.2, 0.25) is 11.8 Å². The van der Waals surface area contributed by atoms with Crippen molar-refractivity contribution in [3.63, 3.8) is 0 Å². The minimum atomic E-state index is -1.06. The molecule has 2 N–H and O–H groups in total. The highest BCUT2D eigenvalue weighted by Gasteiger charge is 2.49. The Morgan fingerprint density at radius 2 is 1.41 bits per heavy atom. The van der Waals surface area contributed by atoms with Crippen molar-refractivity contribution in [3.05, 3.63) is 71.3 Å². The first-order chi connectivity index (χ1) is 21.4. The lowest BCUT2D eigenvalue weighted by atomic mass is 9.97. The van der Waals surface area contributed by atoms with Gasteiger partial charge in [-0.2, -0.15) is 0 Å². The van der Waals surface area contributed by atoms with Crippen LogP contribution in [0.1, 0.15) is 98.4 Å². The second-order valence-corrected chi connectivity index (χ2v) is 14.7. The molecular weight excluding hydrogens is 582 g/mol. The Labute approximate surface area is 274 Å². The molecule has 46 heavy (non-hydrogen) atoms. The number of esters is 1. The van der Waals surface area contributed by atoms with Crippen LogP contribution in [0.5, 0.6) is 0 Å². The monoisotopic (exact) mass is 635 g/mol. The number of carbonyl (C=O) groups is 4. The van der Waals surface area contributed by atoms with Crippen molar-refractivity contribution in [2.45, 2.75) is 124 Å². The van der Waals surface area contributed by atoms with Gasteiger partial charge in [0.25, 0.3) is 0 Å². The maximum Gasteiger partial charge on any atom is 0.408 e. The summed E-state index contributed by atoms with van der Waals surface area (Å²) in [6.07, 6.45) is 1.03. The zero-order valence-electron chi connectivity index (χ0n) is 29.2. The molecule has 9 heteroatoms. The van der Waals surface area contributed by atoms with Gasteiger partial charge in [0, 0.05) is 12.5 Å². The first-order valence-electron chi connectivity index (χ1n) is 16.4. The molecule has 2 aromatic rings. The molecule has 5 atom stereocenters. The van der Waals surface area contributed by atoms with Gasteiger partial charge >= 0.3 is 12.1 Å². The Kier molecular flexibility index (Phi) is 12.0. The van der Waals surface area contributed by atoms with Crippen molar-refractivity contribution in [3.8, 4) is 0 Å². The molecule has 9 nitrogen and oxygen atoms in total. The van der Waals surface area contributed by atoms with Gasteiger partial charge in [-0.3, -0.25) is 9.59 Å². The standard InChI is InChI=1S/C37H53N3O6/c1-11-25-17-19-27(20-18-25)31(32(41)38-28(34(43)45-36(5,6)7)22-26-15-13-12-14-16-26)40(29-21-24(29)4)33(42)30(23(2)3)39-35(44)46-37(8,9)10/h12-20,23-24,28-31H,11,21-22H2,1-10H3,(H,38,41)(H,39,44). The van der Waals surface area contributed by atoms with Crippen molar-refractivity contribution in [1.29, 1.82) is 0 Å². The molecule has 1 saturated carbocycles. The summed E-state index contributed by atoms with van der Waals surface area (Å²) in [6, 6.07) is 13.8. The predicted molar refractivity (Wildman–Crippen MR) is 179 cm³/mol. The van der Waals surface area contributed by atoms with Gasteiger partial charge in [0.15, 0.2) is 0 Å². The number of amides is 3. The van der Waals surface area contributed by atoms with E-state index >= 15 is 0 Å². The normalized spacial score (nSPS) is 18.2. The Hall–Kier alpha value is -3.88. The van der Waals surface area contributed by atoms with Gasteiger partial charge in [-0.25, -0.2) is 9.59 Å². The van der Waals surface area contributed by atoms with Crippen molar-refractivity contribution >= 4 is 23.9 Å². The van der Waals surface area contributed by atoms with Crippen LogP contribution in [0.4, 0.5) is 4.79 Å². The van der Waals surface area contributed by atoms with Crippen LogP contribution in [0, 0.1) is 11.8 Å². The zero-order chi connectivity index (χ0) is 34.4. The van der Waals surface area contributed by atoms with Gasteiger partial charge in [-0.05, 0) is 82.9 Å². The van der Waals surface area contributed by atoms with Gasteiger partial charge < -0.3 is 25.0 Å². The Morgan fingerprint density at radius 1 is 0.848 bits per heavy atom. The number of ether oxygens (including phenoxy) is 2. The fraction of sp³-hybridized carbons (Fsp3) is 0.568. The molecule has 0 aromatic heterocycles. The SMILES string of the molecule is CCc1ccc(C(C(=O)NC(Cc2ccccc2)C(=O)OC(C)(C)C)N(C(=O)C(NC(=O)OC(C)(C)C)C(C)C)C2CC2C)cc1. The smallest absolute Gasteiger partial charge is 0.408 e. The maximum absolute atomic E-state index is 14.5. The van der Waals surface area contributed by atoms with Crippen LogP contribution in [0.2, 0.25) is 0 Å². The minimum Gasteiger partial charge on any atom is -0.458 e. The van der Waals surface area contributed by atoms with Crippen LogP contribution in [0.3, 0.4) is 0 Å². The Bertz CT molecular complexity index is 1340. The molecular formula is C37H53N3O6. The fourth-order valence-electron chi connectivity index (χ4n) is 5.32. The molecule has 0 spiro atoms. The minimum absolute atomic E-state index is 0.148. The molecule has 1 aliphatic carbocycles. The number of nitrogens with zero attached hydrogens (tertiary/aromatic N) is 1. The fourth-order valence-corrected chi connectivity index (χ4v) is 5.32. The van der Waals surface area contributed by atoms with Gasteiger partial charge in [-0.1, -0.05) is 82.3 Å². The molecule has 252 valence electrons. The number of hydrogen-bond acceptors (Lipinski definition) is 6. The molecule has 3 rings (SSSR count). The molecule has 3 amide bonds. The van der Waals surface area contributed by atoms with E-state index < -0.39 is 47.3 Å². The lowest BCUT2D eigenvalue weighted by molar-refractivity contribution is -0.159. The topological polar surface area (TPSA) is 114 Å². The van der Waals surface area contributed by atoms with Crippen LogP contribution < -0.4 is 10.6 Å². The highest BCUT2D eigenvalue weighted by molar-refractivity contribution is 5.94. The van der Waals surface area contributed by atoms with Crippen LogP contribution in [0.15, 0.2) is 54.6 Å². The first-order valence-corrected chi connectivity index (χ1v) is 16.4. The van der Waals surface area contributed by atoms with Crippen molar-refractivity contribution in [2.24, 2.45) is 11.8 Å². The van der Waals surface area contributed by atoms with Crippen LogP contribution >= 0.6 is 0 Å². The zero-order valence-corrected chi connectivity index (χ0v) is 29.2. The highest BCUT2D eigenvalue weighted by atomic mass is 16.6. The number of hydrogen-bond donors (Lipinski definition) is 2. The van der Waals surface area contributed by atoms with E-state index in [1.807, 2.05) is 82.3 Å². The number of alkyl carbamates (subject to hydrolysis) is 1. The molecule has 0 radical (unpaired) electrons. The van der Waals surface area contributed by atoms with Crippen molar-refractivity contribution in [1.82, 2.24) is 15.5 Å². The average molecular weight is 636 g/mol. The average Bonchev–Trinajstić information content (AvgIpc) is 3.67. The van der Waals surface area contributed by atoms with Crippen molar-refractivity contribution < 1.29 is 28.7 Å². The van der Waals surface area contributed by atoms with E-state index in [4.69, 9.17) is 9.47 Å². The third-order valence-electron chi connectivity index (χ3n) is 7.80. The van der Waals surface area contributed by atoms with E-state index in [0.29, 0.717) is 12.0 Å². The summed E-state index contributed by atoms with van der Waals surface area (Å²) in [5.74, 6) is -1.59. The molecule has 1 aliphatic rings. The van der Waals surface area contributed by atoms with Crippen LogP contribution in [-0.2, 0) is 36.7 Å². The van der Waals surface area contributed by atoms with E-state index in [0.717, 1.165) is 17.5 Å². The van der Waals surface area contributed by atoms with Gasteiger partial charge in [-0.15, -0.1) is 0 Å². The molecule has 1 fully saturated rings. The van der Waals surface area contributed by atoms with E-state index in [2.05, 4.69) is 10.6 Å². The highest BCUT2D eigenvalue weighted by Crippen LogP contribution is 2.41. The Balaban J connectivity index is 2.06. The molecule has 0 heterocycles. The van der Waals surface area contributed by atoms with Crippen LogP contribution in [0.25, 0.3) is 0 Å². The molecule has 0 saturated heterocycles. The lowest BCUT2D eigenvalue weighted by Gasteiger charge is -2.37. The first kappa shape index (κ1) is 36.6. The summed E-state index contributed by atoms with van der Waals surface area (Å²) in [5, 5.41) is 5.74. The summed E-state index contributed by atoms with van der Waals surface area (Å²) in [7, 11) is 0. The number of rotatable bonds is 12. The number of benzene rings is 2. The summed E-state index contributed by atoms with van der Waals surface area (Å²) >= 11 is 0. The Morgan fingerprint density at radius 3 is 1.89 bits per heavy atom. The molecule has 0 aliphatic heterocycles. The number of nitrogens with one attached hydrogen (secondary N) is 2. The number of carbonyl (C=O) groups excluding carboxylic acids is 4. The largest absolute Gasteiger partial charge is 0.458 e. The predicted octanol–water partition coefficient (Wildman–Crippen LogP) is 6.15. The third kappa shape index (κ3) is 10.6. The molecule has 2 aromatic carbocycles. The summed E-state index contributed by atoms with van der Waals surface area (Å²) < 4.78 is 11.2. The third-order valence-corrected chi connectivity index (χ3v) is 7.80. The molecule has 0 bridgehead atoms. The van der Waals surface area contributed by atoms with E-state index in [1.165, 1.54) is 0 Å². The van der Waals surface area contributed by atoms with Crippen molar-refractivity contribution in [2.75, 3.05) is 0 Å². The van der Waals surface area contributed by atoms with Crippen LogP contribution in [-0.4, -0.2) is 58.1 Å². The second-order valence-electron chi connectivity index (χ2n) is 14.7. The second kappa shape index (κ2) is 15.1. The van der Waals surface area contributed by atoms with E-state index in [1.54, 1.807) is 46.4 Å². The quantitative estimate of drug-likeness (QED) is 0.271. The van der Waals surface area contributed by atoms with Gasteiger partial charge in [0.1, 0.15) is 29.3 Å². The summed E-state index contributed by atoms with van der Waals surface area (Å²) in [5.41, 5.74) is 1.04. The number of aryl methyl sites for hydroxylation is 1. The molecule has 5 unspecified atom stereocenters. The van der Waals surface area contributed by atoms with E-state index in [9.17, 15) is 19.2 Å². The maximum atomic E-state index is 14.5.